The summed E-state index contributed by atoms with van der Waals surface area (Å²) in [6, 6.07) is 11.7. The molecule has 3 aromatic rings. The number of esters is 1. The van der Waals surface area contributed by atoms with Crippen molar-refractivity contribution in [1.29, 1.82) is 0 Å². The Labute approximate surface area is 148 Å². The van der Waals surface area contributed by atoms with Gasteiger partial charge in [0.05, 0.1) is 5.02 Å². The summed E-state index contributed by atoms with van der Waals surface area (Å²) in [7, 11) is 0. The van der Waals surface area contributed by atoms with Crippen molar-refractivity contribution in [3.8, 4) is 11.5 Å². The van der Waals surface area contributed by atoms with Crippen LogP contribution >= 0.6 is 11.6 Å². The molecule has 0 fully saturated rings. The second-order valence-electron chi connectivity index (χ2n) is 5.51. The summed E-state index contributed by atoms with van der Waals surface area (Å²) in [5, 5.41) is 1.21. The zero-order valence-corrected chi connectivity index (χ0v) is 14.4. The molecule has 3 rings (SSSR count). The average Bonchev–Trinajstić information content (AvgIpc) is 2.57. The van der Waals surface area contributed by atoms with E-state index in [-0.39, 0.29) is 6.61 Å². The highest BCUT2D eigenvalue weighted by Gasteiger charge is 2.14. The molecule has 1 aromatic heterocycles. The summed E-state index contributed by atoms with van der Waals surface area (Å²) in [6.45, 7) is 3.25. The van der Waals surface area contributed by atoms with Gasteiger partial charge in [0, 0.05) is 17.0 Å². The van der Waals surface area contributed by atoms with Crippen LogP contribution in [0.1, 0.15) is 11.1 Å². The first kappa shape index (κ1) is 17.0. The number of carbonyl (C=O) groups is 1. The molecular weight excluding hydrogens is 344 g/mol. The number of hydrogen-bond donors (Lipinski definition) is 0. The third-order valence-electron chi connectivity index (χ3n) is 3.72. The number of fused-ring (bicyclic) bond motifs is 1. The van der Waals surface area contributed by atoms with Crippen LogP contribution in [-0.2, 0) is 4.79 Å². The number of para-hydroxylation sites is 1. The third-order valence-corrected chi connectivity index (χ3v) is 4.04. The summed E-state index contributed by atoms with van der Waals surface area (Å²) >= 11 is 5.97. The highest BCUT2D eigenvalue weighted by atomic mass is 35.5. The molecule has 0 radical (unpaired) electrons. The minimum Gasteiger partial charge on any atom is -0.480 e. The van der Waals surface area contributed by atoms with E-state index in [1.807, 2.05) is 6.92 Å². The molecule has 6 heteroatoms. The fraction of sp³-hybridized carbons (Fsp3) is 0.158. The van der Waals surface area contributed by atoms with Crippen molar-refractivity contribution in [2.45, 2.75) is 13.8 Å². The summed E-state index contributed by atoms with van der Waals surface area (Å²) in [4.78, 5) is 23.6. The largest absolute Gasteiger partial charge is 0.480 e. The van der Waals surface area contributed by atoms with Gasteiger partial charge in [0.15, 0.2) is 6.61 Å². The van der Waals surface area contributed by atoms with Crippen LogP contribution < -0.4 is 15.1 Å². The smallest absolute Gasteiger partial charge is 0.349 e. The van der Waals surface area contributed by atoms with Gasteiger partial charge in [-0.05, 0) is 43.7 Å². The molecule has 128 valence electrons. The predicted molar refractivity (Wildman–Crippen MR) is 94.5 cm³/mol. The molecule has 0 atom stereocenters. The highest BCUT2D eigenvalue weighted by Crippen LogP contribution is 2.28. The second kappa shape index (κ2) is 6.99. The molecule has 0 bridgehead atoms. The molecule has 1 heterocycles. The van der Waals surface area contributed by atoms with Gasteiger partial charge in [0.1, 0.15) is 17.1 Å². The van der Waals surface area contributed by atoms with Crippen molar-refractivity contribution in [1.82, 2.24) is 0 Å². The van der Waals surface area contributed by atoms with Gasteiger partial charge in [-0.3, -0.25) is 0 Å². The van der Waals surface area contributed by atoms with E-state index in [1.165, 1.54) is 6.07 Å². The molecule has 0 saturated heterocycles. The molecule has 5 nitrogen and oxygen atoms in total. The van der Waals surface area contributed by atoms with Gasteiger partial charge in [-0.2, -0.15) is 0 Å². The molecular formula is C19H15ClO5. The van der Waals surface area contributed by atoms with E-state index in [0.29, 0.717) is 27.7 Å². The maximum Gasteiger partial charge on any atom is 0.349 e. The van der Waals surface area contributed by atoms with Crippen LogP contribution in [0.2, 0.25) is 5.02 Å². The van der Waals surface area contributed by atoms with Gasteiger partial charge in [-0.1, -0.05) is 23.7 Å². The monoisotopic (exact) mass is 358 g/mol. The SMILES string of the molecule is Cc1cc(=O)oc2c(C)c(OC(=O)COc3ccccc3Cl)ccc12. The first-order chi connectivity index (χ1) is 12.0. The van der Waals surface area contributed by atoms with Crippen LogP contribution in [0, 0.1) is 13.8 Å². The molecule has 2 aromatic carbocycles. The third kappa shape index (κ3) is 3.67. The van der Waals surface area contributed by atoms with Crippen molar-refractivity contribution < 1.29 is 18.7 Å². The summed E-state index contributed by atoms with van der Waals surface area (Å²) < 4.78 is 15.9. The van der Waals surface area contributed by atoms with E-state index in [0.717, 1.165) is 10.9 Å². The lowest BCUT2D eigenvalue weighted by Crippen LogP contribution is -2.18. The summed E-state index contributed by atoms with van der Waals surface area (Å²) in [6.07, 6.45) is 0. The number of benzene rings is 2. The Bertz CT molecular complexity index is 1010. The molecule has 0 aliphatic heterocycles. The Morgan fingerprint density at radius 3 is 2.64 bits per heavy atom. The normalized spacial score (nSPS) is 10.7. The molecule has 0 amide bonds. The maximum atomic E-state index is 12.0. The standard InChI is InChI=1S/C19H15ClO5/c1-11-9-17(21)25-19-12(2)15(8-7-13(11)19)24-18(22)10-23-16-6-4-3-5-14(16)20/h3-9H,10H2,1-2H3. The lowest BCUT2D eigenvalue weighted by molar-refractivity contribution is -0.136. The molecule has 0 unspecified atom stereocenters. The average molecular weight is 359 g/mol. The molecule has 0 aliphatic rings. The number of carbonyl (C=O) groups excluding carboxylic acids is 1. The Hall–Kier alpha value is -2.79. The topological polar surface area (TPSA) is 65.7 Å². The van der Waals surface area contributed by atoms with Crippen molar-refractivity contribution in [2.75, 3.05) is 6.61 Å². The molecule has 0 aliphatic carbocycles. The van der Waals surface area contributed by atoms with Crippen molar-refractivity contribution in [3.05, 3.63) is 69.0 Å². The number of hydrogen-bond acceptors (Lipinski definition) is 5. The molecule has 0 saturated carbocycles. The first-order valence-corrected chi connectivity index (χ1v) is 7.95. The lowest BCUT2D eigenvalue weighted by atomic mass is 10.1. The summed E-state index contributed by atoms with van der Waals surface area (Å²) in [5.74, 6) is 0.129. The van der Waals surface area contributed by atoms with Crippen molar-refractivity contribution in [2.24, 2.45) is 0 Å². The minimum atomic E-state index is -0.586. The number of halogens is 1. The Morgan fingerprint density at radius 1 is 1.12 bits per heavy atom. The van der Waals surface area contributed by atoms with Crippen LogP contribution in [-0.4, -0.2) is 12.6 Å². The van der Waals surface area contributed by atoms with E-state index in [2.05, 4.69) is 0 Å². The van der Waals surface area contributed by atoms with Gasteiger partial charge in [0.2, 0.25) is 0 Å². The Morgan fingerprint density at radius 2 is 1.88 bits per heavy atom. The fourth-order valence-electron chi connectivity index (χ4n) is 2.46. The van der Waals surface area contributed by atoms with E-state index in [9.17, 15) is 9.59 Å². The fourth-order valence-corrected chi connectivity index (χ4v) is 2.65. The van der Waals surface area contributed by atoms with E-state index in [4.69, 9.17) is 25.5 Å². The minimum absolute atomic E-state index is 0.293. The Balaban J connectivity index is 1.78. The number of rotatable bonds is 4. The number of ether oxygens (including phenoxy) is 2. The van der Waals surface area contributed by atoms with Gasteiger partial charge in [-0.15, -0.1) is 0 Å². The predicted octanol–water partition coefficient (Wildman–Crippen LogP) is 4.05. The maximum absolute atomic E-state index is 12.0. The second-order valence-corrected chi connectivity index (χ2v) is 5.91. The summed E-state index contributed by atoms with van der Waals surface area (Å²) in [5.41, 5.74) is 1.33. The van der Waals surface area contributed by atoms with Crippen LogP contribution in [0.4, 0.5) is 0 Å². The van der Waals surface area contributed by atoms with Gasteiger partial charge >= 0.3 is 11.6 Å². The van der Waals surface area contributed by atoms with Crippen molar-refractivity contribution in [3.63, 3.8) is 0 Å². The van der Waals surface area contributed by atoms with Crippen LogP contribution in [0.5, 0.6) is 11.5 Å². The van der Waals surface area contributed by atoms with Gasteiger partial charge in [0.25, 0.3) is 0 Å². The molecule has 25 heavy (non-hydrogen) atoms. The van der Waals surface area contributed by atoms with E-state index in [1.54, 1.807) is 43.3 Å². The quantitative estimate of drug-likeness (QED) is 0.400. The van der Waals surface area contributed by atoms with Crippen LogP contribution in [0.15, 0.2) is 51.7 Å². The van der Waals surface area contributed by atoms with E-state index < -0.39 is 11.6 Å². The molecule has 0 spiro atoms. The highest BCUT2D eigenvalue weighted by molar-refractivity contribution is 6.32. The first-order valence-electron chi connectivity index (χ1n) is 7.58. The zero-order chi connectivity index (χ0) is 18.0. The lowest BCUT2D eigenvalue weighted by Gasteiger charge is -2.11. The van der Waals surface area contributed by atoms with Gasteiger partial charge in [-0.25, -0.2) is 9.59 Å². The van der Waals surface area contributed by atoms with Crippen molar-refractivity contribution >= 4 is 28.5 Å². The van der Waals surface area contributed by atoms with Crippen LogP contribution in [0.25, 0.3) is 11.0 Å². The molecule has 0 N–H and O–H groups in total. The zero-order valence-electron chi connectivity index (χ0n) is 13.7. The van der Waals surface area contributed by atoms with E-state index >= 15 is 0 Å². The number of aryl methyl sites for hydroxylation is 2. The van der Waals surface area contributed by atoms with Crippen LogP contribution in [0.3, 0.4) is 0 Å². The Kier molecular flexibility index (Phi) is 4.76. The van der Waals surface area contributed by atoms with Gasteiger partial charge < -0.3 is 13.9 Å².